The van der Waals surface area contributed by atoms with E-state index in [2.05, 4.69) is 9.97 Å². The summed E-state index contributed by atoms with van der Waals surface area (Å²) in [6.45, 7) is 0. The van der Waals surface area contributed by atoms with Crippen molar-refractivity contribution in [2.24, 2.45) is 0 Å². The zero-order chi connectivity index (χ0) is 27.4. The largest absolute Gasteiger partial charge is 0.508 e. The fourth-order valence-corrected chi connectivity index (χ4v) is 5.45. The molecule has 5 heterocycles. The van der Waals surface area contributed by atoms with Gasteiger partial charge in [0.1, 0.15) is 23.0 Å². The zero-order valence-electron chi connectivity index (χ0n) is 21.2. The van der Waals surface area contributed by atoms with Crippen LogP contribution in [0.2, 0.25) is 0 Å². The van der Waals surface area contributed by atoms with Crippen molar-refractivity contribution in [3.63, 3.8) is 0 Å². The molecule has 6 N–H and O–H groups in total. The van der Waals surface area contributed by atoms with Crippen LogP contribution in [0.25, 0.3) is 57.6 Å². The first-order valence-electron chi connectivity index (χ1n) is 12.8. The highest BCUT2D eigenvalue weighted by atomic mass is 16.3. The minimum Gasteiger partial charge on any atom is -0.508 e. The van der Waals surface area contributed by atoms with Crippen LogP contribution >= 0.6 is 0 Å². The molecule has 3 aliphatic rings. The van der Waals surface area contributed by atoms with Gasteiger partial charge in [0.15, 0.2) is 0 Å². The van der Waals surface area contributed by atoms with Gasteiger partial charge < -0.3 is 30.4 Å². The summed E-state index contributed by atoms with van der Waals surface area (Å²) < 4.78 is 0. The summed E-state index contributed by atoms with van der Waals surface area (Å²) in [6, 6.07) is 16.9. The number of hydrogen-bond acceptors (Lipinski definition) is 6. The second-order valence-corrected chi connectivity index (χ2v) is 9.98. The topological polar surface area (TPSA) is 138 Å². The van der Waals surface area contributed by atoms with Crippen LogP contribution in [-0.4, -0.2) is 40.4 Å². The van der Waals surface area contributed by atoms with Gasteiger partial charge in [-0.3, -0.25) is 0 Å². The van der Waals surface area contributed by atoms with Crippen molar-refractivity contribution in [3.05, 3.63) is 94.8 Å². The molecule has 0 atom stereocenters. The van der Waals surface area contributed by atoms with Gasteiger partial charge in [0, 0.05) is 45.7 Å². The number of nitrogens with zero attached hydrogens (tertiary/aromatic N) is 2. The summed E-state index contributed by atoms with van der Waals surface area (Å²) in [4.78, 5) is 16.7. The molecule has 0 saturated carbocycles. The molecule has 0 spiro atoms. The quantitative estimate of drug-likeness (QED) is 0.156. The lowest BCUT2D eigenvalue weighted by atomic mass is 10.00. The Balaban J connectivity index is 1.55. The molecule has 0 aliphatic carbocycles. The molecule has 4 aromatic rings. The number of phenols is 4. The second kappa shape index (κ2) is 9.06. The fourth-order valence-electron chi connectivity index (χ4n) is 5.45. The first-order valence-corrected chi connectivity index (χ1v) is 12.8. The molecule has 7 rings (SSSR count). The number of aryl methyl sites for hydroxylation is 2. The number of aromatic nitrogens is 4. The molecule has 2 aromatic heterocycles. The van der Waals surface area contributed by atoms with Gasteiger partial charge >= 0.3 is 0 Å². The van der Waals surface area contributed by atoms with Crippen LogP contribution in [-0.2, 0) is 12.8 Å². The fraction of sp³-hybridized carbons (Fsp3) is 0.0625. The molecule has 2 aromatic carbocycles. The Morgan fingerprint density at radius 1 is 0.550 bits per heavy atom. The Kier molecular flexibility index (Phi) is 5.35. The van der Waals surface area contributed by atoms with Crippen molar-refractivity contribution >= 4 is 35.3 Å². The van der Waals surface area contributed by atoms with E-state index >= 15 is 0 Å². The van der Waals surface area contributed by atoms with E-state index in [4.69, 9.17) is 9.97 Å². The third kappa shape index (κ3) is 4.31. The summed E-state index contributed by atoms with van der Waals surface area (Å²) >= 11 is 0. The van der Waals surface area contributed by atoms with Crippen LogP contribution in [0.4, 0.5) is 0 Å². The maximum Gasteiger partial charge on any atom is 0.119 e. The van der Waals surface area contributed by atoms with E-state index in [1.807, 2.05) is 48.6 Å². The van der Waals surface area contributed by atoms with E-state index in [1.165, 1.54) is 12.1 Å². The third-order valence-corrected chi connectivity index (χ3v) is 7.08. The summed E-state index contributed by atoms with van der Waals surface area (Å²) in [7, 11) is 0. The van der Waals surface area contributed by atoms with E-state index < -0.39 is 0 Å². The van der Waals surface area contributed by atoms with Gasteiger partial charge in [0.25, 0.3) is 0 Å². The van der Waals surface area contributed by atoms with Crippen molar-refractivity contribution in [2.75, 3.05) is 0 Å². The molecule has 196 valence electrons. The van der Waals surface area contributed by atoms with Crippen LogP contribution in [0.1, 0.15) is 34.2 Å². The number of phenolic OH excluding ortho intramolecular Hbond substituents is 4. The first kappa shape index (κ1) is 23.6. The molecule has 0 amide bonds. The van der Waals surface area contributed by atoms with Crippen molar-refractivity contribution in [2.45, 2.75) is 12.8 Å². The smallest absolute Gasteiger partial charge is 0.119 e. The number of aromatic hydroxyl groups is 4. The van der Waals surface area contributed by atoms with Crippen molar-refractivity contribution in [1.29, 1.82) is 0 Å². The van der Waals surface area contributed by atoms with Gasteiger partial charge in [-0.15, -0.1) is 0 Å². The average molecular weight is 529 g/mol. The maximum atomic E-state index is 10.2. The maximum absolute atomic E-state index is 10.2. The van der Waals surface area contributed by atoms with Crippen LogP contribution in [0.5, 0.6) is 23.0 Å². The highest BCUT2D eigenvalue weighted by Gasteiger charge is 2.18. The minimum absolute atomic E-state index is 0.0260. The third-order valence-electron chi connectivity index (χ3n) is 7.08. The Morgan fingerprint density at radius 3 is 1.77 bits per heavy atom. The van der Waals surface area contributed by atoms with Gasteiger partial charge in [-0.1, -0.05) is 0 Å². The Bertz CT molecular complexity index is 1920. The van der Waals surface area contributed by atoms with Gasteiger partial charge in [0.2, 0.25) is 0 Å². The van der Waals surface area contributed by atoms with Crippen molar-refractivity contribution < 1.29 is 20.4 Å². The normalized spacial score (nSPS) is 13.0. The molecule has 3 aliphatic heterocycles. The van der Waals surface area contributed by atoms with Crippen LogP contribution < -0.4 is 0 Å². The number of H-pyrrole nitrogens is 2. The summed E-state index contributed by atoms with van der Waals surface area (Å²) in [5.41, 5.74) is 9.23. The minimum atomic E-state index is -0.0410. The summed E-state index contributed by atoms with van der Waals surface area (Å²) in [5, 5.41) is 40.8. The number of aromatic amines is 2. The number of nitrogens with one attached hydrogen (secondary N) is 2. The number of hydrogen-bond donors (Lipinski definition) is 6. The highest BCUT2D eigenvalue weighted by Crippen LogP contribution is 2.36. The molecular formula is C32H24N4O4. The van der Waals surface area contributed by atoms with E-state index in [1.54, 1.807) is 24.3 Å². The molecular weight excluding hydrogens is 504 g/mol. The van der Waals surface area contributed by atoms with E-state index in [9.17, 15) is 20.4 Å². The lowest BCUT2D eigenvalue weighted by Crippen LogP contribution is -1.91. The molecule has 8 heteroatoms. The van der Waals surface area contributed by atoms with E-state index in [-0.39, 0.29) is 23.0 Å². The molecule has 0 saturated heterocycles. The summed E-state index contributed by atoms with van der Waals surface area (Å²) in [5.74, 6) is -0.134. The van der Waals surface area contributed by atoms with Gasteiger partial charge in [-0.2, -0.15) is 0 Å². The van der Waals surface area contributed by atoms with E-state index in [0.29, 0.717) is 16.8 Å². The van der Waals surface area contributed by atoms with Crippen LogP contribution in [0.15, 0.2) is 60.7 Å². The molecule has 8 bridgehead atoms. The second-order valence-electron chi connectivity index (χ2n) is 9.98. The van der Waals surface area contributed by atoms with Crippen molar-refractivity contribution in [3.8, 4) is 45.3 Å². The highest BCUT2D eigenvalue weighted by molar-refractivity contribution is 5.91. The molecule has 0 fully saturated rings. The Morgan fingerprint density at radius 2 is 1.12 bits per heavy atom. The zero-order valence-corrected chi connectivity index (χ0v) is 21.2. The Hall–Kier alpha value is -5.50. The average Bonchev–Trinajstić information content (AvgIpc) is 3.69. The van der Waals surface area contributed by atoms with Gasteiger partial charge in [-0.25, -0.2) is 9.97 Å². The predicted molar refractivity (Wildman–Crippen MR) is 155 cm³/mol. The van der Waals surface area contributed by atoms with E-state index in [0.717, 1.165) is 63.5 Å². The lowest BCUT2D eigenvalue weighted by molar-refractivity contribution is 0.450. The lowest BCUT2D eigenvalue weighted by Gasteiger charge is -2.08. The molecule has 0 radical (unpaired) electrons. The van der Waals surface area contributed by atoms with Crippen LogP contribution in [0.3, 0.4) is 0 Å². The van der Waals surface area contributed by atoms with Crippen molar-refractivity contribution in [1.82, 2.24) is 19.9 Å². The number of benzene rings is 2. The molecule has 8 nitrogen and oxygen atoms in total. The Labute approximate surface area is 228 Å². The number of rotatable bonds is 2. The SMILES string of the molecule is Oc1cc(O)cc(-c2c3nc(cc4ccc([nH]4)c(-c4cc(O)cc(O)c4)c4nc(cc5[nH]c2CC5)C=C4)C=C3)c1. The molecule has 40 heavy (non-hydrogen) atoms. The standard InChI is InChI=1S/C32H24N4O4/c37-23-9-17(10-24(38)15-23)31-27-5-1-19(33-27)13-20-2-6-29(34-20)32(18-11-25(39)16-26(40)12-18)30-8-4-22(36-30)14-21-3-7-28(31)35-21/h1-3,5-7,9-16,33,36-40H,4,8H2. The number of fused-ring (bicyclic) bond motifs is 8. The van der Waals surface area contributed by atoms with Crippen LogP contribution in [0, 0.1) is 0 Å². The first-order chi connectivity index (χ1) is 19.4. The summed E-state index contributed by atoms with van der Waals surface area (Å²) in [6.07, 6.45) is 9.17. The van der Waals surface area contributed by atoms with Gasteiger partial charge in [-0.05, 0) is 96.8 Å². The molecule has 0 unspecified atom stereocenters. The van der Waals surface area contributed by atoms with Gasteiger partial charge in [0.05, 0.1) is 22.8 Å². The predicted octanol–water partition coefficient (Wildman–Crippen LogP) is 6.32. The monoisotopic (exact) mass is 528 g/mol.